The van der Waals surface area contributed by atoms with E-state index < -0.39 is 0 Å². The third-order valence-corrected chi connectivity index (χ3v) is 3.28. The van der Waals surface area contributed by atoms with Gasteiger partial charge in [0.1, 0.15) is 5.76 Å². The standard InChI is InChI=1S/C17H22N4O/c1-2-3-4-9-22-17-11-16(14(19)10-15(17)20)21-13-7-5-12(18)6-8-13/h5-8,10-11,19H,2-4,9,18,20H2,1H3. The first kappa shape index (κ1) is 15.8. The molecule has 0 fully saturated rings. The second kappa shape index (κ2) is 7.45. The lowest BCUT2D eigenvalue weighted by Crippen LogP contribution is -2.20. The zero-order valence-electron chi connectivity index (χ0n) is 12.8. The molecule has 0 heterocycles. The third kappa shape index (κ3) is 4.22. The summed E-state index contributed by atoms with van der Waals surface area (Å²) < 4.78 is 5.70. The summed E-state index contributed by atoms with van der Waals surface area (Å²) in [5, 5.41) is 7.99. The Morgan fingerprint density at radius 3 is 2.50 bits per heavy atom. The second-order valence-corrected chi connectivity index (χ2v) is 5.17. The van der Waals surface area contributed by atoms with Gasteiger partial charge in [-0.15, -0.1) is 0 Å². The molecule has 0 spiro atoms. The fraction of sp³-hybridized carbons (Fsp3) is 0.294. The molecule has 0 saturated heterocycles. The Labute approximate surface area is 130 Å². The molecule has 116 valence electrons. The van der Waals surface area contributed by atoms with E-state index in [1.54, 1.807) is 24.3 Å². The molecule has 1 aromatic rings. The molecule has 0 saturated carbocycles. The summed E-state index contributed by atoms with van der Waals surface area (Å²) in [5.74, 6) is 0.585. The molecule has 0 bridgehead atoms. The topological polar surface area (TPSA) is 97.5 Å². The Morgan fingerprint density at radius 2 is 1.82 bits per heavy atom. The Balaban J connectivity index is 2.14. The van der Waals surface area contributed by atoms with Crippen molar-refractivity contribution in [3.05, 3.63) is 47.9 Å². The van der Waals surface area contributed by atoms with Gasteiger partial charge in [0.05, 0.1) is 29.4 Å². The van der Waals surface area contributed by atoms with Gasteiger partial charge >= 0.3 is 0 Å². The van der Waals surface area contributed by atoms with E-state index in [2.05, 4.69) is 11.9 Å². The summed E-state index contributed by atoms with van der Waals surface area (Å²) in [4.78, 5) is 4.45. The number of unbranched alkanes of at least 4 members (excludes halogenated alkanes) is 2. The molecular formula is C17H22N4O. The summed E-state index contributed by atoms with van der Waals surface area (Å²) in [6, 6.07) is 7.18. The van der Waals surface area contributed by atoms with Crippen molar-refractivity contribution in [3.8, 4) is 0 Å². The maximum absolute atomic E-state index is 7.99. The van der Waals surface area contributed by atoms with Gasteiger partial charge in [-0.3, -0.25) is 5.41 Å². The number of hydrogen-bond acceptors (Lipinski definition) is 5. The SMILES string of the molecule is CCCCCOC1=CC(=Nc2ccc(N)cc2)C(=N)C=C1N. The van der Waals surface area contributed by atoms with Crippen molar-refractivity contribution in [2.24, 2.45) is 10.7 Å². The molecule has 5 heteroatoms. The largest absolute Gasteiger partial charge is 0.491 e. The summed E-state index contributed by atoms with van der Waals surface area (Å²) in [6.45, 7) is 2.77. The molecule has 0 radical (unpaired) electrons. The molecule has 1 aliphatic rings. The lowest BCUT2D eigenvalue weighted by molar-refractivity contribution is 0.213. The quantitative estimate of drug-likeness (QED) is 0.427. The minimum Gasteiger partial charge on any atom is -0.491 e. The molecule has 1 aromatic carbocycles. The smallest absolute Gasteiger partial charge is 0.144 e. The van der Waals surface area contributed by atoms with Crippen LogP contribution < -0.4 is 11.5 Å². The second-order valence-electron chi connectivity index (χ2n) is 5.17. The van der Waals surface area contributed by atoms with Crippen LogP contribution in [0.25, 0.3) is 0 Å². The van der Waals surface area contributed by atoms with E-state index in [1.807, 2.05) is 12.1 Å². The van der Waals surface area contributed by atoms with Gasteiger partial charge < -0.3 is 16.2 Å². The summed E-state index contributed by atoms with van der Waals surface area (Å²) >= 11 is 0. The zero-order valence-corrected chi connectivity index (χ0v) is 12.8. The van der Waals surface area contributed by atoms with Crippen LogP contribution in [0.2, 0.25) is 0 Å². The van der Waals surface area contributed by atoms with E-state index >= 15 is 0 Å². The van der Waals surface area contributed by atoms with Crippen LogP contribution in [0.5, 0.6) is 0 Å². The molecule has 2 rings (SSSR count). The van der Waals surface area contributed by atoms with Crippen LogP contribution in [0.3, 0.4) is 0 Å². The molecule has 0 atom stereocenters. The highest BCUT2D eigenvalue weighted by atomic mass is 16.5. The van der Waals surface area contributed by atoms with Crippen molar-refractivity contribution in [1.82, 2.24) is 0 Å². The molecule has 0 aliphatic heterocycles. The van der Waals surface area contributed by atoms with Crippen molar-refractivity contribution in [1.29, 1.82) is 5.41 Å². The predicted molar refractivity (Wildman–Crippen MR) is 91.5 cm³/mol. The first-order valence-corrected chi connectivity index (χ1v) is 7.45. The van der Waals surface area contributed by atoms with Gasteiger partial charge in [-0.05, 0) is 36.8 Å². The lowest BCUT2D eigenvalue weighted by atomic mass is 10.1. The molecular weight excluding hydrogens is 276 g/mol. The average Bonchev–Trinajstić information content (AvgIpc) is 2.50. The first-order valence-electron chi connectivity index (χ1n) is 7.45. The van der Waals surface area contributed by atoms with Crippen molar-refractivity contribution in [2.45, 2.75) is 26.2 Å². The van der Waals surface area contributed by atoms with Crippen molar-refractivity contribution < 1.29 is 4.74 Å². The van der Waals surface area contributed by atoms with E-state index in [9.17, 15) is 0 Å². The fourth-order valence-electron chi connectivity index (χ4n) is 2.03. The minimum atomic E-state index is 0.273. The van der Waals surface area contributed by atoms with Gasteiger partial charge in [-0.1, -0.05) is 19.8 Å². The number of benzene rings is 1. The monoisotopic (exact) mass is 298 g/mol. The van der Waals surface area contributed by atoms with Crippen molar-refractivity contribution >= 4 is 22.8 Å². The summed E-state index contributed by atoms with van der Waals surface area (Å²) in [7, 11) is 0. The van der Waals surface area contributed by atoms with Gasteiger partial charge in [0.2, 0.25) is 0 Å². The molecule has 0 aromatic heterocycles. The normalized spacial score (nSPS) is 16.4. The minimum absolute atomic E-state index is 0.273. The highest BCUT2D eigenvalue weighted by Crippen LogP contribution is 2.19. The van der Waals surface area contributed by atoms with E-state index in [-0.39, 0.29) is 5.71 Å². The summed E-state index contributed by atoms with van der Waals surface area (Å²) in [6.07, 6.45) is 6.55. The van der Waals surface area contributed by atoms with Crippen LogP contribution in [-0.4, -0.2) is 18.0 Å². The highest BCUT2D eigenvalue weighted by molar-refractivity contribution is 6.50. The number of hydrogen-bond donors (Lipinski definition) is 3. The van der Waals surface area contributed by atoms with Crippen LogP contribution in [0, 0.1) is 5.41 Å². The van der Waals surface area contributed by atoms with Crippen LogP contribution in [0.1, 0.15) is 26.2 Å². The number of ether oxygens (including phenoxy) is 1. The Kier molecular flexibility index (Phi) is 5.36. The van der Waals surface area contributed by atoms with E-state index in [4.69, 9.17) is 21.6 Å². The van der Waals surface area contributed by atoms with Gasteiger partial charge in [-0.2, -0.15) is 0 Å². The van der Waals surface area contributed by atoms with Gasteiger partial charge in [0.15, 0.2) is 0 Å². The third-order valence-electron chi connectivity index (χ3n) is 3.28. The predicted octanol–water partition coefficient (Wildman–Crippen LogP) is 3.31. The molecule has 1 aliphatic carbocycles. The summed E-state index contributed by atoms with van der Waals surface area (Å²) in [5.41, 5.74) is 14.3. The van der Waals surface area contributed by atoms with Gasteiger partial charge in [0.25, 0.3) is 0 Å². The number of nitrogens with two attached hydrogens (primary N) is 2. The molecule has 5 nitrogen and oxygen atoms in total. The molecule has 22 heavy (non-hydrogen) atoms. The zero-order chi connectivity index (χ0) is 15.9. The number of anilines is 1. The molecule has 0 amide bonds. The number of nitrogens with zero attached hydrogens (tertiary/aromatic N) is 1. The van der Waals surface area contributed by atoms with E-state index in [0.717, 1.165) is 24.9 Å². The number of nitrogens with one attached hydrogen (secondary N) is 1. The Morgan fingerprint density at radius 1 is 1.09 bits per heavy atom. The van der Waals surface area contributed by atoms with E-state index in [1.165, 1.54) is 0 Å². The number of aliphatic imine (C=N–C) groups is 1. The van der Waals surface area contributed by atoms with Gasteiger partial charge in [-0.25, -0.2) is 4.99 Å². The first-order chi connectivity index (χ1) is 10.6. The van der Waals surface area contributed by atoms with Crippen molar-refractivity contribution in [2.75, 3.05) is 12.3 Å². The fourth-order valence-corrected chi connectivity index (χ4v) is 2.03. The number of rotatable bonds is 6. The van der Waals surface area contributed by atoms with Crippen LogP contribution >= 0.6 is 0 Å². The lowest BCUT2D eigenvalue weighted by Gasteiger charge is -2.15. The highest BCUT2D eigenvalue weighted by Gasteiger charge is 2.15. The van der Waals surface area contributed by atoms with Crippen LogP contribution in [-0.2, 0) is 4.74 Å². The Hall–Kier alpha value is -2.56. The molecule has 5 N–H and O–H groups in total. The average molecular weight is 298 g/mol. The Bertz CT molecular complexity index is 627. The maximum atomic E-state index is 7.99. The van der Waals surface area contributed by atoms with Gasteiger partial charge in [0, 0.05) is 11.8 Å². The number of allylic oxidation sites excluding steroid dienone is 2. The van der Waals surface area contributed by atoms with E-state index in [0.29, 0.717) is 29.5 Å². The molecule has 0 unspecified atom stereocenters. The maximum Gasteiger partial charge on any atom is 0.144 e. The number of nitrogen functional groups attached to an aromatic ring is 1. The van der Waals surface area contributed by atoms with Crippen LogP contribution in [0.4, 0.5) is 11.4 Å². The van der Waals surface area contributed by atoms with Crippen molar-refractivity contribution in [3.63, 3.8) is 0 Å². The van der Waals surface area contributed by atoms with Crippen LogP contribution in [0.15, 0.2) is 52.9 Å².